The van der Waals surface area contributed by atoms with Gasteiger partial charge in [0.05, 0.1) is 0 Å². The highest BCUT2D eigenvalue weighted by atomic mass is 19.4. The van der Waals surface area contributed by atoms with Crippen LogP contribution in [-0.4, -0.2) is 18.8 Å². The third kappa shape index (κ3) is 5.24. The van der Waals surface area contributed by atoms with Crippen molar-refractivity contribution in [3.8, 4) is 5.75 Å². The van der Waals surface area contributed by atoms with Crippen molar-refractivity contribution in [1.29, 1.82) is 0 Å². The first kappa shape index (κ1) is 13.3. The minimum Gasteiger partial charge on any atom is -0.550 e. The van der Waals surface area contributed by atoms with E-state index in [1.165, 1.54) is 18.2 Å². The van der Waals surface area contributed by atoms with E-state index in [4.69, 9.17) is 0 Å². The molecule has 0 aromatic heterocycles. The lowest BCUT2D eigenvalue weighted by molar-refractivity contribution is -0.305. The fourth-order valence-corrected chi connectivity index (χ4v) is 1.25. The summed E-state index contributed by atoms with van der Waals surface area (Å²) >= 11 is 0. The Morgan fingerprint density at radius 3 is 2.53 bits per heavy atom. The SMILES string of the molecule is O=C([O-])CCc1ccccc1OCC(F)(F)F. The number of halogens is 3. The molecule has 0 heterocycles. The number of hydrogen-bond acceptors (Lipinski definition) is 3. The van der Waals surface area contributed by atoms with E-state index >= 15 is 0 Å². The van der Waals surface area contributed by atoms with Gasteiger partial charge in [0.2, 0.25) is 0 Å². The highest BCUT2D eigenvalue weighted by molar-refractivity contribution is 5.64. The van der Waals surface area contributed by atoms with Crippen molar-refractivity contribution in [2.75, 3.05) is 6.61 Å². The van der Waals surface area contributed by atoms with E-state index in [-0.39, 0.29) is 18.6 Å². The van der Waals surface area contributed by atoms with Gasteiger partial charge in [0.15, 0.2) is 6.61 Å². The molecule has 1 aromatic rings. The maximum absolute atomic E-state index is 12.0. The van der Waals surface area contributed by atoms with Gasteiger partial charge in [0.1, 0.15) is 5.75 Å². The van der Waals surface area contributed by atoms with Crippen LogP contribution in [0.3, 0.4) is 0 Å². The van der Waals surface area contributed by atoms with Crippen LogP contribution in [0, 0.1) is 0 Å². The van der Waals surface area contributed by atoms with Gasteiger partial charge in [-0.05, 0) is 24.5 Å². The molecule has 0 amide bonds. The van der Waals surface area contributed by atoms with E-state index < -0.39 is 18.8 Å². The first-order chi connectivity index (χ1) is 7.88. The van der Waals surface area contributed by atoms with Gasteiger partial charge in [-0.25, -0.2) is 0 Å². The van der Waals surface area contributed by atoms with Crippen LogP contribution in [0.4, 0.5) is 13.2 Å². The van der Waals surface area contributed by atoms with Crippen LogP contribution in [0.2, 0.25) is 0 Å². The number of carbonyl (C=O) groups excluding carboxylic acids is 1. The molecule has 0 N–H and O–H groups in total. The Hall–Kier alpha value is -1.72. The lowest BCUT2D eigenvalue weighted by Crippen LogP contribution is -2.23. The van der Waals surface area contributed by atoms with Crippen LogP contribution >= 0.6 is 0 Å². The van der Waals surface area contributed by atoms with Crippen molar-refractivity contribution in [2.45, 2.75) is 19.0 Å². The molecule has 1 aromatic carbocycles. The average Bonchev–Trinajstić information content (AvgIpc) is 2.23. The molecule has 0 atom stereocenters. The number of rotatable bonds is 5. The summed E-state index contributed by atoms with van der Waals surface area (Å²) in [4.78, 5) is 10.3. The molecule has 0 saturated heterocycles. The fourth-order valence-electron chi connectivity index (χ4n) is 1.25. The number of aryl methyl sites for hydroxylation is 1. The molecule has 6 heteroatoms. The minimum atomic E-state index is -4.42. The number of carbonyl (C=O) groups is 1. The molecule has 0 radical (unpaired) electrons. The van der Waals surface area contributed by atoms with E-state index in [1.807, 2.05) is 0 Å². The monoisotopic (exact) mass is 247 g/mol. The number of carboxylic acids is 1. The minimum absolute atomic E-state index is 0.0473. The highest BCUT2D eigenvalue weighted by Crippen LogP contribution is 2.22. The van der Waals surface area contributed by atoms with Crippen molar-refractivity contribution in [3.63, 3.8) is 0 Å². The summed E-state index contributed by atoms with van der Waals surface area (Å²) in [5, 5.41) is 10.3. The van der Waals surface area contributed by atoms with Gasteiger partial charge < -0.3 is 14.6 Å². The molecule has 17 heavy (non-hydrogen) atoms. The normalized spacial score (nSPS) is 11.2. The predicted molar refractivity (Wildman–Crippen MR) is 51.3 cm³/mol. The molecule has 0 aliphatic carbocycles. The second kappa shape index (κ2) is 5.56. The number of carboxylic acid groups (broad SMARTS) is 1. The van der Waals surface area contributed by atoms with Crippen LogP contribution in [0.25, 0.3) is 0 Å². The number of para-hydroxylation sites is 1. The molecular formula is C11H10F3O3-. The summed E-state index contributed by atoms with van der Waals surface area (Å²) in [5.74, 6) is -1.21. The largest absolute Gasteiger partial charge is 0.550 e. The van der Waals surface area contributed by atoms with Crippen molar-refractivity contribution in [1.82, 2.24) is 0 Å². The van der Waals surface area contributed by atoms with Crippen molar-refractivity contribution in [3.05, 3.63) is 29.8 Å². The summed E-state index contributed by atoms with van der Waals surface area (Å²) in [6.07, 6.45) is -4.59. The summed E-state index contributed by atoms with van der Waals surface area (Å²) in [5.41, 5.74) is 0.418. The quantitative estimate of drug-likeness (QED) is 0.788. The molecule has 0 saturated carbocycles. The number of aliphatic carboxylic acids is 1. The van der Waals surface area contributed by atoms with Crippen molar-refractivity contribution in [2.24, 2.45) is 0 Å². The van der Waals surface area contributed by atoms with Crippen molar-refractivity contribution < 1.29 is 27.8 Å². The van der Waals surface area contributed by atoms with Gasteiger partial charge in [-0.3, -0.25) is 0 Å². The first-order valence-corrected chi connectivity index (χ1v) is 4.86. The average molecular weight is 247 g/mol. The third-order valence-electron chi connectivity index (χ3n) is 1.96. The number of benzene rings is 1. The maximum atomic E-state index is 12.0. The van der Waals surface area contributed by atoms with Crippen LogP contribution in [-0.2, 0) is 11.2 Å². The summed E-state index contributed by atoms with van der Waals surface area (Å²) in [7, 11) is 0. The standard InChI is InChI=1S/C11H11F3O3/c12-11(13,14)7-17-9-4-2-1-3-8(9)5-6-10(15)16/h1-4H,5-7H2,(H,15,16)/p-1. The summed E-state index contributed by atoms with van der Waals surface area (Å²) in [6, 6.07) is 6.02. The van der Waals surface area contributed by atoms with E-state index in [1.54, 1.807) is 6.07 Å². The molecule has 0 aliphatic rings. The van der Waals surface area contributed by atoms with Crippen LogP contribution in [0.1, 0.15) is 12.0 Å². The second-order valence-corrected chi connectivity index (χ2v) is 3.38. The van der Waals surface area contributed by atoms with E-state index in [2.05, 4.69) is 4.74 Å². The molecular weight excluding hydrogens is 237 g/mol. The molecule has 0 unspecified atom stereocenters. The first-order valence-electron chi connectivity index (χ1n) is 4.86. The summed E-state index contributed by atoms with van der Waals surface area (Å²) in [6.45, 7) is -1.39. The zero-order valence-corrected chi connectivity index (χ0v) is 8.79. The Morgan fingerprint density at radius 1 is 1.29 bits per heavy atom. The Balaban J connectivity index is 2.67. The van der Waals surface area contributed by atoms with Gasteiger partial charge in [-0.15, -0.1) is 0 Å². The van der Waals surface area contributed by atoms with E-state index in [0.717, 1.165) is 0 Å². The Kier molecular flexibility index (Phi) is 4.37. The Bertz CT molecular complexity index is 388. The van der Waals surface area contributed by atoms with Gasteiger partial charge in [0, 0.05) is 5.97 Å². The zero-order valence-electron chi connectivity index (χ0n) is 8.79. The van der Waals surface area contributed by atoms with Gasteiger partial charge >= 0.3 is 6.18 Å². The molecule has 0 aliphatic heterocycles. The van der Waals surface area contributed by atoms with E-state index in [9.17, 15) is 23.1 Å². The predicted octanol–water partition coefficient (Wildman–Crippen LogP) is 1.31. The van der Waals surface area contributed by atoms with E-state index in [0.29, 0.717) is 5.56 Å². The molecule has 0 bridgehead atoms. The van der Waals surface area contributed by atoms with Gasteiger partial charge in [0.25, 0.3) is 0 Å². The third-order valence-corrected chi connectivity index (χ3v) is 1.96. The number of alkyl halides is 3. The molecule has 94 valence electrons. The van der Waals surface area contributed by atoms with Gasteiger partial charge in [-0.2, -0.15) is 13.2 Å². The maximum Gasteiger partial charge on any atom is 0.422 e. The Labute approximate surface area is 95.8 Å². The second-order valence-electron chi connectivity index (χ2n) is 3.38. The highest BCUT2D eigenvalue weighted by Gasteiger charge is 2.28. The van der Waals surface area contributed by atoms with Crippen molar-refractivity contribution >= 4 is 5.97 Å². The van der Waals surface area contributed by atoms with Crippen LogP contribution in [0.5, 0.6) is 5.75 Å². The lowest BCUT2D eigenvalue weighted by Gasteiger charge is -2.13. The number of hydrogen-bond donors (Lipinski definition) is 0. The lowest BCUT2D eigenvalue weighted by atomic mass is 10.1. The molecule has 3 nitrogen and oxygen atoms in total. The number of ether oxygens (including phenoxy) is 1. The fraction of sp³-hybridized carbons (Fsp3) is 0.364. The van der Waals surface area contributed by atoms with Gasteiger partial charge in [-0.1, -0.05) is 18.2 Å². The zero-order chi connectivity index (χ0) is 12.9. The molecule has 0 spiro atoms. The van der Waals surface area contributed by atoms with Crippen LogP contribution in [0.15, 0.2) is 24.3 Å². The Morgan fingerprint density at radius 2 is 1.94 bits per heavy atom. The summed E-state index contributed by atoms with van der Waals surface area (Å²) < 4.78 is 40.5. The molecule has 0 fully saturated rings. The van der Waals surface area contributed by atoms with Crippen LogP contribution < -0.4 is 9.84 Å². The molecule has 1 rings (SSSR count). The smallest absolute Gasteiger partial charge is 0.422 e. The topological polar surface area (TPSA) is 49.4 Å².